The molecular formula is C20H24N2O2. The van der Waals surface area contributed by atoms with Gasteiger partial charge in [-0.2, -0.15) is 0 Å². The third-order valence-electron chi connectivity index (χ3n) is 4.27. The quantitative estimate of drug-likeness (QED) is 0.831. The third kappa shape index (κ3) is 5.10. The Morgan fingerprint density at radius 3 is 2.29 bits per heavy atom. The number of para-hydroxylation sites is 1. The second kappa shape index (κ2) is 8.50. The number of hydrogen-bond acceptors (Lipinski definition) is 3. The van der Waals surface area contributed by atoms with Crippen LogP contribution in [0.15, 0.2) is 54.6 Å². The van der Waals surface area contributed by atoms with Crippen molar-refractivity contribution < 1.29 is 9.53 Å². The van der Waals surface area contributed by atoms with Gasteiger partial charge >= 0.3 is 0 Å². The first kappa shape index (κ1) is 16.5. The highest BCUT2D eigenvalue weighted by molar-refractivity contribution is 5.92. The number of rotatable bonds is 6. The van der Waals surface area contributed by atoms with E-state index in [1.165, 1.54) is 32.1 Å². The standard InChI is InChI=1S/C20H24N2O2/c23-20(15-21-16-7-3-1-4-8-16)22-17-11-13-19(14-12-17)24-18-9-5-2-6-10-18/h2,5-6,9-14,16,21H,1,3-4,7-8,15H2,(H,22,23). The molecule has 4 heteroatoms. The molecule has 2 aromatic carbocycles. The minimum atomic E-state index is -0.00250. The second-order valence-electron chi connectivity index (χ2n) is 6.20. The fourth-order valence-electron chi connectivity index (χ4n) is 2.98. The van der Waals surface area contributed by atoms with E-state index in [0.29, 0.717) is 12.6 Å². The monoisotopic (exact) mass is 324 g/mol. The first-order valence-electron chi connectivity index (χ1n) is 8.66. The highest BCUT2D eigenvalue weighted by Crippen LogP contribution is 2.22. The number of anilines is 1. The summed E-state index contributed by atoms with van der Waals surface area (Å²) in [6.45, 7) is 0.368. The summed E-state index contributed by atoms with van der Waals surface area (Å²) in [5.74, 6) is 1.54. The lowest BCUT2D eigenvalue weighted by molar-refractivity contribution is -0.115. The van der Waals surface area contributed by atoms with Crippen LogP contribution in [0.4, 0.5) is 5.69 Å². The molecule has 4 nitrogen and oxygen atoms in total. The Morgan fingerprint density at radius 2 is 1.58 bits per heavy atom. The van der Waals surface area contributed by atoms with Crippen LogP contribution in [0, 0.1) is 0 Å². The van der Waals surface area contributed by atoms with E-state index >= 15 is 0 Å². The molecule has 0 radical (unpaired) electrons. The molecular weight excluding hydrogens is 300 g/mol. The summed E-state index contributed by atoms with van der Waals surface area (Å²) in [5, 5.41) is 6.26. The molecule has 0 saturated heterocycles. The molecule has 1 aliphatic carbocycles. The summed E-state index contributed by atoms with van der Waals surface area (Å²) in [7, 11) is 0. The lowest BCUT2D eigenvalue weighted by Gasteiger charge is -2.22. The fourth-order valence-corrected chi connectivity index (χ4v) is 2.98. The van der Waals surface area contributed by atoms with Crippen molar-refractivity contribution in [1.82, 2.24) is 5.32 Å². The SMILES string of the molecule is O=C(CNC1CCCCC1)Nc1ccc(Oc2ccccc2)cc1. The Bertz CT molecular complexity index is 634. The molecule has 1 amide bonds. The van der Waals surface area contributed by atoms with E-state index in [1.54, 1.807) is 0 Å². The van der Waals surface area contributed by atoms with Crippen LogP contribution in [0.1, 0.15) is 32.1 Å². The summed E-state index contributed by atoms with van der Waals surface area (Å²) in [4.78, 5) is 12.0. The van der Waals surface area contributed by atoms with Crippen molar-refractivity contribution in [3.63, 3.8) is 0 Å². The van der Waals surface area contributed by atoms with E-state index in [0.717, 1.165) is 17.2 Å². The summed E-state index contributed by atoms with van der Waals surface area (Å²) in [6.07, 6.45) is 6.21. The second-order valence-corrected chi connectivity index (χ2v) is 6.20. The van der Waals surface area contributed by atoms with Crippen LogP contribution in [-0.2, 0) is 4.79 Å². The molecule has 0 unspecified atom stereocenters. The van der Waals surface area contributed by atoms with E-state index in [4.69, 9.17) is 4.74 Å². The van der Waals surface area contributed by atoms with Crippen LogP contribution >= 0.6 is 0 Å². The lowest BCUT2D eigenvalue weighted by Crippen LogP contribution is -2.37. The van der Waals surface area contributed by atoms with E-state index < -0.39 is 0 Å². The lowest BCUT2D eigenvalue weighted by atomic mass is 9.95. The summed E-state index contributed by atoms with van der Waals surface area (Å²) in [6, 6.07) is 17.6. The van der Waals surface area contributed by atoms with Crippen molar-refractivity contribution in [3.8, 4) is 11.5 Å². The average molecular weight is 324 g/mol. The summed E-state index contributed by atoms with van der Waals surface area (Å²) >= 11 is 0. The van der Waals surface area contributed by atoms with Crippen LogP contribution in [-0.4, -0.2) is 18.5 Å². The first-order chi connectivity index (χ1) is 11.8. The van der Waals surface area contributed by atoms with Crippen molar-refractivity contribution in [3.05, 3.63) is 54.6 Å². The highest BCUT2D eigenvalue weighted by Gasteiger charge is 2.13. The molecule has 3 rings (SSSR count). The molecule has 0 heterocycles. The van der Waals surface area contributed by atoms with Crippen molar-refractivity contribution in [2.45, 2.75) is 38.1 Å². The van der Waals surface area contributed by atoms with Crippen LogP contribution in [0.2, 0.25) is 0 Å². The van der Waals surface area contributed by atoms with Gasteiger partial charge in [-0.1, -0.05) is 37.5 Å². The van der Waals surface area contributed by atoms with Gasteiger partial charge in [0.2, 0.25) is 5.91 Å². The third-order valence-corrected chi connectivity index (χ3v) is 4.27. The molecule has 0 atom stereocenters. The van der Waals surface area contributed by atoms with Crippen LogP contribution in [0.25, 0.3) is 0 Å². The maximum absolute atomic E-state index is 12.0. The molecule has 1 aliphatic rings. The van der Waals surface area contributed by atoms with Crippen molar-refractivity contribution >= 4 is 11.6 Å². The predicted molar refractivity (Wildman–Crippen MR) is 96.5 cm³/mol. The molecule has 2 aromatic rings. The van der Waals surface area contributed by atoms with Gasteiger partial charge in [0.05, 0.1) is 6.54 Å². The Hall–Kier alpha value is -2.33. The zero-order valence-electron chi connectivity index (χ0n) is 13.8. The molecule has 0 aromatic heterocycles. The van der Waals surface area contributed by atoms with Crippen molar-refractivity contribution in [2.75, 3.05) is 11.9 Å². The average Bonchev–Trinajstić information content (AvgIpc) is 2.63. The number of nitrogens with one attached hydrogen (secondary N) is 2. The number of benzene rings is 2. The molecule has 1 saturated carbocycles. The summed E-state index contributed by atoms with van der Waals surface area (Å²) < 4.78 is 5.74. The Balaban J connectivity index is 1.45. The molecule has 24 heavy (non-hydrogen) atoms. The number of hydrogen-bond donors (Lipinski definition) is 2. The number of carbonyl (C=O) groups excluding carboxylic acids is 1. The fraction of sp³-hybridized carbons (Fsp3) is 0.350. The van der Waals surface area contributed by atoms with Gasteiger partial charge in [-0.05, 0) is 49.2 Å². The van der Waals surface area contributed by atoms with E-state index in [9.17, 15) is 4.79 Å². The van der Waals surface area contributed by atoms with Gasteiger partial charge in [0.1, 0.15) is 11.5 Å². The van der Waals surface area contributed by atoms with Crippen LogP contribution in [0.3, 0.4) is 0 Å². The van der Waals surface area contributed by atoms with Gasteiger partial charge in [-0.15, -0.1) is 0 Å². The van der Waals surface area contributed by atoms with Crippen molar-refractivity contribution in [2.24, 2.45) is 0 Å². The minimum absolute atomic E-state index is 0.00250. The van der Waals surface area contributed by atoms with Gasteiger partial charge in [-0.25, -0.2) is 0 Å². The molecule has 126 valence electrons. The first-order valence-corrected chi connectivity index (χ1v) is 8.66. The van der Waals surface area contributed by atoms with Gasteiger partial charge < -0.3 is 15.4 Å². The zero-order valence-corrected chi connectivity index (χ0v) is 13.8. The van der Waals surface area contributed by atoms with E-state index in [2.05, 4.69) is 10.6 Å². The smallest absolute Gasteiger partial charge is 0.238 e. The van der Waals surface area contributed by atoms with Crippen LogP contribution < -0.4 is 15.4 Å². The van der Waals surface area contributed by atoms with E-state index in [-0.39, 0.29) is 5.91 Å². The maximum atomic E-state index is 12.0. The number of amides is 1. The van der Waals surface area contributed by atoms with Crippen LogP contribution in [0.5, 0.6) is 11.5 Å². The summed E-state index contributed by atoms with van der Waals surface area (Å²) in [5.41, 5.74) is 0.783. The highest BCUT2D eigenvalue weighted by atomic mass is 16.5. The van der Waals surface area contributed by atoms with Gasteiger partial charge in [0.25, 0.3) is 0 Å². The Morgan fingerprint density at radius 1 is 0.917 bits per heavy atom. The molecule has 0 spiro atoms. The molecule has 2 N–H and O–H groups in total. The van der Waals surface area contributed by atoms with Gasteiger partial charge in [0.15, 0.2) is 0 Å². The Labute approximate surface area is 143 Å². The van der Waals surface area contributed by atoms with Gasteiger partial charge in [-0.3, -0.25) is 4.79 Å². The minimum Gasteiger partial charge on any atom is -0.457 e. The largest absolute Gasteiger partial charge is 0.457 e. The van der Waals surface area contributed by atoms with E-state index in [1.807, 2.05) is 54.6 Å². The number of carbonyl (C=O) groups is 1. The molecule has 1 fully saturated rings. The zero-order chi connectivity index (χ0) is 16.6. The normalized spacial score (nSPS) is 15.0. The van der Waals surface area contributed by atoms with Gasteiger partial charge in [0, 0.05) is 11.7 Å². The Kier molecular flexibility index (Phi) is 5.85. The maximum Gasteiger partial charge on any atom is 0.238 e. The molecule has 0 aliphatic heterocycles. The predicted octanol–water partition coefficient (Wildman–Crippen LogP) is 4.34. The molecule has 0 bridgehead atoms. The van der Waals surface area contributed by atoms with Crippen molar-refractivity contribution in [1.29, 1.82) is 0 Å². The topological polar surface area (TPSA) is 50.4 Å². The number of ether oxygens (including phenoxy) is 1.